The number of hydrogen-bond donors (Lipinski definition) is 4. The average molecular weight is 453 g/mol. The van der Waals surface area contributed by atoms with E-state index >= 15 is 0 Å². The smallest absolute Gasteiger partial charge is 0.407 e. The molecule has 0 heterocycles. The van der Waals surface area contributed by atoms with E-state index in [1.54, 1.807) is 0 Å². The van der Waals surface area contributed by atoms with E-state index < -0.39 is 36.5 Å². The molecule has 0 spiro atoms. The molecule has 0 saturated heterocycles. The van der Waals surface area contributed by atoms with Crippen molar-refractivity contribution in [3.63, 3.8) is 0 Å². The van der Waals surface area contributed by atoms with Crippen LogP contribution in [-0.4, -0.2) is 54.7 Å². The lowest BCUT2D eigenvalue weighted by atomic mass is 9.98. The number of carboxylic acids is 1. The van der Waals surface area contributed by atoms with Gasteiger partial charge in [-0.2, -0.15) is 0 Å². The highest BCUT2D eigenvalue weighted by Gasteiger charge is 2.29. The number of ether oxygens (including phenoxy) is 1. The van der Waals surface area contributed by atoms with Gasteiger partial charge in [0.1, 0.15) is 13.2 Å². The molecule has 33 heavy (non-hydrogen) atoms. The molecule has 9 heteroatoms. The Balaban J connectivity index is 1.48. The minimum atomic E-state index is -1.17. The molecular weight excluding hydrogens is 426 g/mol. The van der Waals surface area contributed by atoms with Gasteiger partial charge in [-0.15, -0.1) is 0 Å². The van der Waals surface area contributed by atoms with Gasteiger partial charge in [0.2, 0.25) is 11.8 Å². The Labute approximate surface area is 191 Å². The summed E-state index contributed by atoms with van der Waals surface area (Å²) in [5, 5.41) is 15.8. The molecule has 3 rings (SSSR count). The van der Waals surface area contributed by atoms with Gasteiger partial charge in [0.05, 0.1) is 6.54 Å². The highest BCUT2D eigenvalue weighted by atomic mass is 16.5. The molecule has 9 nitrogen and oxygen atoms in total. The Bertz CT molecular complexity index is 993. The Kier molecular flexibility index (Phi) is 8.01. The maximum absolute atomic E-state index is 12.4. The molecule has 3 amide bonds. The second-order valence-electron chi connectivity index (χ2n) is 7.73. The first-order valence-corrected chi connectivity index (χ1v) is 10.8. The molecule has 2 aromatic carbocycles. The van der Waals surface area contributed by atoms with Gasteiger partial charge >= 0.3 is 12.1 Å². The van der Waals surface area contributed by atoms with Crippen LogP contribution in [-0.2, 0) is 19.1 Å². The number of carboxylic acid groups (broad SMARTS) is 1. The third-order valence-corrected chi connectivity index (χ3v) is 5.47. The molecule has 0 saturated carbocycles. The SMILES string of the molecule is CC[C@@H](CC(=O)NCC(=O)NCC(=O)O)NC(=O)OCC1c2ccccc2-c2ccccc21. The van der Waals surface area contributed by atoms with Crippen LogP contribution in [0.15, 0.2) is 48.5 Å². The molecule has 0 fully saturated rings. The largest absolute Gasteiger partial charge is 0.480 e. The van der Waals surface area contributed by atoms with E-state index in [9.17, 15) is 19.2 Å². The number of hydrogen-bond acceptors (Lipinski definition) is 5. The Morgan fingerprint density at radius 1 is 0.909 bits per heavy atom. The van der Waals surface area contributed by atoms with E-state index in [1.807, 2.05) is 43.3 Å². The summed E-state index contributed by atoms with van der Waals surface area (Å²) in [6.45, 7) is 1.14. The molecule has 0 unspecified atom stereocenters. The molecule has 0 aromatic heterocycles. The first-order chi connectivity index (χ1) is 15.9. The lowest BCUT2D eigenvalue weighted by Crippen LogP contribution is -2.42. The fraction of sp³-hybridized carbons (Fsp3) is 0.333. The number of aliphatic carboxylic acids is 1. The summed E-state index contributed by atoms with van der Waals surface area (Å²) < 4.78 is 5.50. The van der Waals surface area contributed by atoms with Gasteiger partial charge in [0.25, 0.3) is 0 Å². The summed E-state index contributed by atoms with van der Waals surface area (Å²) >= 11 is 0. The maximum Gasteiger partial charge on any atom is 0.407 e. The first-order valence-electron chi connectivity index (χ1n) is 10.8. The summed E-state index contributed by atoms with van der Waals surface area (Å²) in [5.41, 5.74) is 4.49. The van der Waals surface area contributed by atoms with Gasteiger partial charge in [0, 0.05) is 18.4 Å². The van der Waals surface area contributed by atoms with E-state index in [4.69, 9.17) is 9.84 Å². The minimum absolute atomic E-state index is 0.0348. The molecule has 174 valence electrons. The Morgan fingerprint density at radius 3 is 2.06 bits per heavy atom. The van der Waals surface area contributed by atoms with Crippen molar-refractivity contribution in [3.05, 3.63) is 59.7 Å². The van der Waals surface area contributed by atoms with E-state index in [1.165, 1.54) is 0 Å². The van der Waals surface area contributed by atoms with Crippen LogP contribution in [0.3, 0.4) is 0 Å². The highest BCUT2D eigenvalue weighted by molar-refractivity contribution is 5.87. The van der Waals surface area contributed by atoms with Crippen molar-refractivity contribution < 1.29 is 29.0 Å². The van der Waals surface area contributed by atoms with Crippen LogP contribution < -0.4 is 16.0 Å². The topological polar surface area (TPSA) is 134 Å². The van der Waals surface area contributed by atoms with Crippen LogP contribution in [0.2, 0.25) is 0 Å². The number of alkyl carbamates (subject to hydrolysis) is 1. The van der Waals surface area contributed by atoms with Gasteiger partial charge < -0.3 is 25.8 Å². The van der Waals surface area contributed by atoms with Gasteiger partial charge in [0.15, 0.2) is 0 Å². The lowest BCUT2D eigenvalue weighted by molar-refractivity contribution is -0.137. The van der Waals surface area contributed by atoms with Gasteiger partial charge in [-0.25, -0.2) is 4.79 Å². The quantitative estimate of drug-likeness (QED) is 0.435. The van der Waals surface area contributed by atoms with Crippen molar-refractivity contribution in [2.75, 3.05) is 19.7 Å². The Morgan fingerprint density at radius 2 is 1.48 bits per heavy atom. The highest BCUT2D eigenvalue weighted by Crippen LogP contribution is 2.44. The van der Waals surface area contributed by atoms with E-state index in [0.29, 0.717) is 6.42 Å². The number of carbonyl (C=O) groups excluding carboxylic acids is 3. The standard InChI is InChI=1S/C24H27N3O6/c1-2-15(11-21(28)25-12-22(29)26-13-23(30)31)27-24(32)33-14-20-18-9-5-3-7-16(18)17-8-4-6-10-19(17)20/h3-10,15,20H,2,11-14H2,1H3,(H,25,28)(H,26,29)(H,27,32)(H,30,31)/t15-/m0/s1. The molecule has 2 aromatic rings. The van der Waals surface area contributed by atoms with Crippen molar-refractivity contribution in [3.8, 4) is 11.1 Å². The first kappa shape index (κ1) is 23.8. The summed E-state index contributed by atoms with van der Waals surface area (Å²) in [6, 6.07) is 15.6. The maximum atomic E-state index is 12.4. The molecule has 4 N–H and O–H groups in total. The zero-order valence-corrected chi connectivity index (χ0v) is 18.3. The molecule has 1 atom stereocenters. The number of nitrogens with one attached hydrogen (secondary N) is 3. The monoisotopic (exact) mass is 453 g/mol. The second kappa shape index (κ2) is 11.1. The predicted octanol–water partition coefficient (Wildman–Crippen LogP) is 2.01. The van der Waals surface area contributed by atoms with Crippen molar-refractivity contribution in [2.24, 2.45) is 0 Å². The van der Waals surface area contributed by atoms with Crippen LogP contribution >= 0.6 is 0 Å². The number of rotatable bonds is 10. The zero-order chi connectivity index (χ0) is 23.8. The van der Waals surface area contributed by atoms with Crippen LogP contribution in [0.4, 0.5) is 4.79 Å². The van der Waals surface area contributed by atoms with Gasteiger partial charge in [-0.3, -0.25) is 14.4 Å². The second-order valence-corrected chi connectivity index (χ2v) is 7.73. The van der Waals surface area contributed by atoms with E-state index in [0.717, 1.165) is 22.3 Å². The van der Waals surface area contributed by atoms with E-state index in [2.05, 4.69) is 28.1 Å². The van der Waals surface area contributed by atoms with Gasteiger partial charge in [-0.05, 0) is 28.7 Å². The number of benzene rings is 2. The number of amides is 3. The van der Waals surface area contributed by atoms with Crippen LogP contribution in [0.5, 0.6) is 0 Å². The number of fused-ring (bicyclic) bond motifs is 3. The fourth-order valence-corrected chi connectivity index (χ4v) is 3.82. The van der Waals surface area contributed by atoms with Crippen molar-refractivity contribution in [1.29, 1.82) is 0 Å². The minimum Gasteiger partial charge on any atom is -0.480 e. The predicted molar refractivity (Wildman–Crippen MR) is 121 cm³/mol. The molecular formula is C24H27N3O6. The lowest BCUT2D eigenvalue weighted by Gasteiger charge is -2.18. The fourth-order valence-electron chi connectivity index (χ4n) is 3.82. The molecule has 0 radical (unpaired) electrons. The third kappa shape index (κ3) is 6.31. The summed E-state index contributed by atoms with van der Waals surface area (Å²) in [5.74, 6) is -2.28. The molecule has 1 aliphatic rings. The molecule has 1 aliphatic carbocycles. The summed E-state index contributed by atoms with van der Waals surface area (Å²) in [7, 11) is 0. The molecule has 0 aliphatic heterocycles. The Hall–Kier alpha value is -3.88. The van der Waals surface area contributed by atoms with Crippen LogP contribution in [0.1, 0.15) is 36.8 Å². The summed E-state index contributed by atoms with van der Waals surface area (Å²) in [6.07, 6.45) is -0.161. The zero-order valence-electron chi connectivity index (χ0n) is 18.3. The average Bonchev–Trinajstić information content (AvgIpc) is 3.13. The number of carbonyl (C=O) groups is 4. The van der Waals surface area contributed by atoms with Crippen molar-refractivity contribution >= 4 is 23.9 Å². The normalized spacial score (nSPS) is 12.8. The van der Waals surface area contributed by atoms with Crippen molar-refractivity contribution in [1.82, 2.24) is 16.0 Å². The van der Waals surface area contributed by atoms with Crippen LogP contribution in [0, 0.1) is 0 Å². The van der Waals surface area contributed by atoms with Crippen LogP contribution in [0.25, 0.3) is 11.1 Å². The third-order valence-electron chi connectivity index (χ3n) is 5.47. The summed E-state index contributed by atoms with van der Waals surface area (Å²) in [4.78, 5) is 46.4. The van der Waals surface area contributed by atoms with Gasteiger partial charge in [-0.1, -0.05) is 55.5 Å². The molecule has 0 bridgehead atoms. The van der Waals surface area contributed by atoms with Crippen molar-refractivity contribution in [2.45, 2.75) is 31.7 Å². The van der Waals surface area contributed by atoms with E-state index in [-0.39, 0.29) is 25.5 Å².